The topological polar surface area (TPSA) is 9.23 Å². The molecule has 0 radical (unpaired) electrons. The summed E-state index contributed by atoms with van der Waals surface area (Å²) < 4.78 is 5.63. The van der Waals surface area contributed by atoms with E-state index in [4.69, 9.17) is 4.74 Å². The highest BCUT2D eigenvalue weighted by Gasteiger charge is 1.93. The predicted octanol–water partition coefficient (Wildman–Crippen LogP) is 5.27. The van der Waals surface area contributed by atoms with Gasteiger partial charge in [0.25, 0.3) is 0 Å². The summed E-state index contributed by atoms with van der Waals surface area (Å²) in [5.74, 6) is 0.916. The van der Waals surface area contributed by atoms with Gasteiger partial charge >= 0.3 is 0 Å². The van der Waals surface area contributed by atoms with Crippen LogP contribution in [0.4, 0.5) is 0 Å². The van der Waals surface area contributed by atoms with Crippen LogP contribution in [-0.4, -0.2) is 0 Å². The first kappa shape index (κ1) is 16.2. The van der Waals surface area contributed by atoms with Gasteiger partial charge in [0.2, 0.25) is 0 Å². The lowest BCUT2D eigenvalue weighted by molar-refractivity contribution is 0.200. The molecule has 1 aromatic carbocycles. The summed E-state index contributed by atoms with van der Waals surface area (Å²) in [6.45, 7) is 12.3. The van der Waals surface area contributed by atoms with Crippen LogP contribution in [0.1, 0.15) is 33.3 Å². The van der Waals surface area contributed by atoms with E-state index in [9.17, 15) is 0 Å². The van der Waals surface area contributed by atoms with Crippen LogP contribution in [0, 0.1) is 0 Å². The first-order chi connectivity index (χ1) is 8.72. The van der Waals surface area contributed by atoms with Crippen LogP contribution in [0.5, 0.6) is 0 Å². The van der Waals surface area contributed by atoms with Gasteiger partial charge in [0, 0.05) is 0 Å². The molecule has 0 N–H and O–H groups in total. The number of benzene rings is 1. The van der Waals surface area contributed by atoms with E-state index in [-0.39, 0.29) is 0 Å². The van der Waals surface area contributed by atoms with E-state index in [0.29, 0.717) is 6.61 Å². The molecule has 0 amide bonds. The maximum atomic E-state index is 5.63. The number of allylic oxidation sites excluding steroid dienone is 5. The van der Waals surface area contributed by atoms with Crippen molar-refractivity contribution >= 4 is 0 Å². The van der Waals surface area contributed by atoms with Gasteiger partial charge in [-0.25, -0.2) is 0 Å². The zero-order valence-electron chi connectivity index (χ0n) is 11.9. The molecule has 18 heavy (non-hydrogen) atoms. The maximum Gasteiger partial charge on any atom is 0.113 e. The molecule has 0 aliphatic rings. The standard InChI is InChI=1S/C15H18O.C2H6/c1-4-8-13(2)11-14(3)16-12-15-9-6-5-7-10-15;1-2/h4-11H,1,12H2,2-3H3;1-2H3/b13-8-,14-11+;. The molecule has 1 heteroatoms. The van der Waals surface area contributed by atoms with E-state index in [1.807, 2.05) is 58.0 Å². The van der Waals surface area contributed by atoms with Crippen molar-refractivity contribution in [2.24, 2.45) is 0 Å². The van der Waals surface area contributed by atoms with Crippen molar-refractivity contribution in [1.29, 1.82) is 0 Å². The average molecular weight is 244 g/mol. The highest BCUT2D eigenvalue weighted by atomic mass is 16.5. The lowest BCUT2D eigenvalue weighted by Crippen LogP contribution is -1.90. The van der Waals surface area contributed by atoms with Crippen LogP contribution in [0.3, 0.4) is 0 Å². The fraction of sp³-hybridized carbons (Fsp3) is 0.294. The second kappa shape index (κ2) is 10.4. The van der Waals surface area contributed by atoms with Gasteiger partial charge in [-0.15, -0.1) is 0 Å². The van der Waals surface area contributed by atoms with Gasteiger partial charge in [-0.1, -0.05) is 62.9 Å². The molecular weight excluding hydrogens is 220 g/mol. The van der Waals surface area contributed by atoms with Gasteiger partial charge in [-0.2, -0.15) is 0 Å². The number of ether oxygens (including phenoxy) is 1. The van der Waals surface area contributed by atoms with Gasteiger partial charge in [0.1, 0.15) is 6.61 Å². The smallest absolute Gasteiger partial charge is 0.113 e. The van der Waals surface area contributed by atoms with E-state index >= 15 is 0 Å². The Bertz CT molecular complexity index is 385. The minimum atomic E-state index is 0.616. The van der Waals surface area contributed by atoms with Crippen LogP contribution in [0.15, 0.2) is 66.5 Å². The largest absolute Gasteiger partial charge is 0.494 e. The number of hydrogen-bond acceptors (Lipinski definition) is 1. The molecule has 1 rings (SSSR count). The average Bonchev–Trinajstić information content (AvgIpc) is 2.40. The minimum absolute atomic E-state index is 0.616. The fourth-order valence-electron chi connectivity index (χ4n) is 1.37. The Labute approximate surface area is 111 Å². The monoisotopic (exact) mass is 244 g/mol. The van der Waals surface area contributed by atoms with Crippen molar-refractivity contribution in [3.05, 3.63) is 72.0 Å². The molecule has 0 spiro atoms. The second-order valence-corrected chi connectivity index (χ2v) is 3.68. The molecule has 0 bridgehead atoms. The SMILES string of the molecule is C=C/C=C(C)\C=C(/C)OCc1ccccc1.CC. The molecule has 0 aromatic heterocycles. The summed E-state index contributed by atoms with van der Waals surface area (Å²) >= 11 is 0. The molecule has 1 nitrogen and oxygen atoms in total. The lowest BCUT2D eigenvalue weighted by Gasteiger charge is -2.06. The van der Waals surface area contributed by atoms with Gasteiger partial charge in [-0.05, 0) is 31.1 Å². The Kier molecular flexibility index (Phi) is 9.38. The third-order valence-electron chi connectivity index (χ3n) is 2.12. The fourth-order valence-corrected chi connectivity index (χ4v) is 1.37. The third kappa shape index (κ3) is 7.50. The van der Waals surface area contributed by atoms with Crippen LogP contribution >= 0.6 is 0 Å². The van der Waals surface area contributed by atoms with Gasteiger partial charge < -0.3 is 4.74 Å². The normalized spacial score (nSPS) is 11.3. The maximum absolute atomic E-state index is 5.63. The van der Waals surface area contributed by atoms with E-state index in [0.717, 1.165) is 11.3 Å². The summed E-state index contributed by atoms with van der Waals surface area (Å²) in [5.41, 5.74) is 2.32. The lowest BCUT2D eigenvalue weighted by atomic mass is 10.2. The summed E-state index contributed by atoms with van der Waals surface area (Å²) in [6, 6.07) is 10.1. The van der Waals surface area contributed by atoms with E-state index in [1.54, 1.807) is 6.08 Å². The molecule has 0 fully saturated rings. The van der Waals surface area contributed by atoms with Gasteiger partial charge in [0.05, 0.1) is 5.76 Å². The summed E-state index contributed by atoms with van der Waals surface area (Å²) in [5, 5.41) is 0. The molecule has 98 valence electrons. The van der Waals surface area contributed by atoms with Crippen molar-refractivity contribution in [3.8, 4) is 0 Å². The summed E-state index contributed by atoms with van der Waals surface area (Å²) in [7, 11) is 0. The highest BCUT2D eigenvalue weighted by Crippen LogP contribution is 2.07. The Balaban J connectivity index is 0.00000137. The third-order valence-corrected chi connectivity index (χ3v) is 2.12. The van der Waals surface area contributed by atoms with E-state index in [2.05, 4.69) is 18.7 Å². The first-order valence-corrected chi connectivity index (χ1v) is 6.36. The Morgan fingerprint density at radius 2 is 1.78 bits per heavy atom. The first-order valence-electron chi connectivity index (χ1n) is 6.36. The van der Waals surface area contributed by atoms with Crippen molar-refractivity contribution in [2.75, 3.05) is 0 Å². The van der Waals surface area contributed by atoms with E-state index in [1.165, 1.54) is 5.56 Å². The van der Waals surface area contributed by atoms with Crippen molar-refractivity contribution in [2.45, 2.75) is 34.3 Å². The van der Waals surface area contributed by atoms with Crippen LogP contribution in [0.2, 0.25) is 0 Å². The zero-order valence-corrected chi connectivity index (χ0v) is 11.9. The van der Waals surface area contributed by atoms with Crippen molar-refractivity contribution in [1.82, 2.24) is 0 Å². The van der Waals surface area contributed by atoms with Crippen LogP contribution < -0.4 is 0 Å². The Hall–Kier alpha value is -1.76. The number of rotatable bonds is 5. The Morgan fingerprint density at radius 3 is 2.33 bits per heavy atom. The molecule has 0 saturated carbocycles. The Morgan fingerprint density at radius 1 is 1.17 bits per heavy atom. The molecular formula is C17H24O. The van der Waals surface area contributed by atoms with Crippen LogP contribution in [-0.2, 0) is 11.3 Å². The molecule has 0 aliphatic heterocycles. The minimum Gasteiger partial charge on any atom is -0.494 e. The molecule has 1 aromatic rings. The predicted molar refractivity (Wildman–Crippen MR) is 80.3 cm³/mol. The van der Waals surface area contributed by atoms with Gasteiger partial charge in [-0.3, -0.25) is 0 Å². The van der Waals surface area contributed by atoms with Crippen LogP contribution in [0.25, 0.3) is 0 Å². The molecule has 0 heterocycles. The molecule has 0 unspecified atom stereocenters. The zero-order chi connectivity index (χ0) is 13.8. The summed E-state index contributed by atoms with van der Waals surface area (Å²) in [4.78, 5) is 0. The second-order valence-electron chi connectivity index (χ2n) is 3.68. The van der Waals surface area contributed by atoms with E-state index < -0.39 is 0 Å². The van der Waals surface area contributed by atoms with Crippen molar-refractivity contribution < 1.29 is 4.74 Å². The summed E-state index contributed by atoms with van der Waals surface area (Å²) in [6.07, 6.45) is 5.73. The van der Waals surface area contributed by atoms with Crippen molar-refractivity contribution in [3.63, 3.8) is 0 Å². The molecule has 0 saturated heterocycles. The highest BCUT2D eigenvalue weighted by molar-refractivity contribution is 5.22. The number of hydrogen-bond donors (Lipinski definition) is 0. The molecule has 0 aliphatic carbocycles. The van der Waals surface area contributed by atoms with Gasteiger partial charge in [0.15, 0.2) is 0 Å². The molecule has 0 atom stereocenters. The quantitative estimate of drug-likeness (QED) is 0.506.